The number of halogens is 1. The SMILES string of the molecule is CC(C)(CCO)CNC(=O)NCCc1c[nH]c2cc(F)ccc12. The molecule has 0 bridgehead atoms. The number of aliphatic hydroxyl groups is 1. The summed E-state index contributed by atoms with van der Waals surface area (Å²) in [7, 11) is 0. The molecule has 2 rings (SSSR count). The second-order valence-electron chi connectivity index (χ2n) is 6.50. The third-order valence-electron chi connectivity index (χ3n) is 3.93. The van der Waals surface area contributed by atoms with Crippen LogP contribution in [0.25, 0.3) is 10.9 Å². The molecule has 1 aromatic carbocycles. The van der Waals surface area contributed by atoms with Gasteiger partial charge in [0.2, 0.25) is 0 Å². The van der Waals surface area contributed by atoms with Gasteiger partial charge in [-0.15, -0.1) is 0 Å². The molecule has 1 heterocycles. The quantitative estimate of drug-likeness (QED) is 0.632. The van der Waals surface area contributed by atoms with Crippen LogP contribution in [0.3, 0.4) is 0 Å². The summed E-state index contributed by atoms with van der Waals surface area (Å²) in [5.74, 6) is -0.270. The highest BCUT2D eigenvalue weighted by Gasteiger charge is 2.17. The lowest BCUT2D eigenvalue weighted by atomic mass is 9.90. The van der Waals surface area contributed by atoms with E-state index in [1.54, 1.807) is 6.07 Å². The summed E-state index contributed by atoms with van der Waals surface area (Å²) in [4.78, 5) is 14.8. The number of hydrogen-bond acceptors (Lipinski definition) is 2. The number of benzene rings is 1. The Balaban J connectivity index is 1.79. The number of amides is 2. The Morgan fingerprint density at radius 3 is 2.87 bits per heavy atom. The zero-order valence-corrected chi connectivity index (χ0v) is 13.6. The maximum absolute atomic E-state index is 13.1. The lowest BCUT2D eigenvalue weighted by molar-refractivity contribution is 0.201. The lowest BCUT2D eigenvalue weighted by Gasteiger charge is -2.23. The second kappa shape index (κ2) is 7.46. The van der Waals surface area contributed by atoms with Gasteiger partial charge in [-0.05, 0) is 42.0 Å². The first-order valence-corrected chi connectivity index (χ1v) is 7.79. The number of fused-ring (bicyclic) bond motifs is 1. The molecule has 0 aliphatic rings. The van der Waals surface area contributed by atoms with E-state index in [4.69, 9.17) is 5.11 Å². The van der Waals surface area contributed by atoms with Gasteiger partial charge in [-0.25, -0.2) is 9.18 Å². The zero-order chi connectivity index (χ0) is 16.9. The maximum Gasteiger partial charge on any atom is 0.314 e. The summed E-state index contributed by atoms with van der Waals surface area (Å²) in [6.07, 6.45) is 3.15. The first kappa shape index (κ1) is 17.3. The highest BCUT2D eigenvalue weighted by atomic mass is 19.1. The van der Waals surface area contributed by atoms with Crippen molar-refractivity contribution in [2.45, 2.75) is 26.7 Å². The molecule has 0 atom stereocenters. The van der Waals surface area contributed by atoms with Crippen molar-refractivity contribution >= 4 is 16.9 Å². The number of carbonyl (C=O) groups excluding carboxylic acids is 1. The van der Waals surface area contributed by atoms with E-state index in [0.29, 0.717) is 25.9 Å². The van der Waals surface area contributed by atoms with Gasteiger partial charge in [-0.2, -0.15) is 0 Å². The Labute approximate surface area is 135 Å². The number of carbonyl (C=O) groups is 1. The molecule has 0 fully saturated rings. The molecule has 0 aliphatic heterocycles. The van der Waals surface area contributed by atoms with Crippen LogP contribution in [0.2, 0.25) is 0 Å². The summed E-state index contributed by atoms with van der Waals surface area (Å²) in [6.45, 7) is 5.10. The molecule has 6 heteroatoms. The van der Waals surface area contributed by atoms with E-state index in [9.17, 15) is 9.18 Å². The smallest absolute Gasteiger partial charge is 0.314 e. The number of aromatic nitrogens is 1. The molecule has 0 aliphatic carbocycles. The van der Waals surface area contributed by atoms with E-state index >= 15 is 0 Å². The van der Waals surface area contributed by atoms with Gasteiger partial charge in [0.05, 0.1) is 0 Å². The fraction of sp³-hybridized carbons (Fsp3) is 0.471. The van der Waals surface area contributed by atoms with Crippen LogP contribution in [-0.2, 0) is 6.42 Å². The van der Waals surface area contributed by atoms with Crippen LogP contribution in [0.15, 0.2) is 24.4 Å². The van der Waals surface area contributed by atoms with Crippen molar-refractivity contribution in [1.29, 1.82) is 0 Å². The van der Waals surface area contributed by atoms with Crippen molar-refractivity contribution in [2.24, 2.45) is 5.41 Å². The van der Waals surface area contributed by atoms with Crippen LogP contribution < -0.4 is 10.6 Å². The Bertz CT molecular complexity index is 667. The zero-order valence-electron chi connectivity index (χ0n) is 13.6. The number of H-pyrrole nitrogens is 1. The molecule has 0 saturated heterocycles. The van der Waals surface area contributed by atoms with Crippen molar-refractivity contribution in [3.8, 4) is 0 Å². The van der Waals surface area contributed by atoms with Gasteiger partial charge < -0.3 is 20.7 Å². The van der Waals surface area contributed by atoms with Crippen LogP contribution in [0.4, 0.5) is 9.18 Å². The van der Waals surface area contributed by atoms with Crippen LogP contribution >= 0.6 is 0 Å². The summed E-state index contributed by atoms with van der Waals surface area (Å²) in [5.41, 5.74) is 1.67. The maximum atomic E-state index is 13.1. The number of nitrogens with one attached hydrogen (secondary N) is 3. The predicted octanol–water partition coefficient (Wildman–Crippen LogP) is 2.56. The minimum atomic E-state index is -0.270. The van der Waals surface area contributed by atoms with Gasteiger partial charge >= 0.3 is 6.03 Å². The van der Waals surface area contributed by atoms with Crippen molar-refractivity contribution in [3.63, 3.8) is 0 Å². The first-order valence-electron chi connectivity index (χ1n) is 7.79. The molecule has 0 radical (unpaired) electrons. The molecule has 4 N–H and O–H groups in total. The number of aliphatic hydroxyl groups excluding tert-OH is 1. The van der Waals surface area contributed by atoms with Crippen LogP contribution in [0, 0.1) is 11.2 Å². The molecule has 5 nitrogen and oxygen atoms in total. The molecular weight excluding hydrogens is 297 g/mol. The van der Waals surface area contributed by atoms with Crippen LogP contribution in [-0.4, -0.2) is 35.8 Å². The molecule has 2 aromatic rings. The summed E-state index contributed by atoms with van der Waals surface area (Å²) in [5, 5.41) is 15.6. The number of urea groups is 1. The number of aromatic amines is 1. The third-order valence-corrected chi connectivity index (χ3v) is 3.93. The average molecular weight is 321 g/mol. The fourth-order valence-electron chi connectivity index (χ4n) is 2.45. The van der Waals surface area contributed by atoms with E-state index < -0.39 is 0 Å². The minimum Gasteiger partial charge on any atom is -0.396 e. The Hall–Kier alpha value is -2.08. The van der Waals surface area contributed by atoms with Crippen molar-refractivity contribution in [2.75, 3.05) is 19.7 Å². The third kappa shape index (κ3) is 4.96. The molecule has 1 aromatic heterocycles. The topological polar surface area (TPSA) is 77.2 Å². The normalized spacial score (nSPS) is 11.7. The molecule has 126 valence electrons. The Kier molecular flexibility index (Phi) is 5.60. The molecular formula is C17H24FN3O2. The fourth-order valence-corrected chi connectivity index (χ4v) is 2.45. The summed E-state index contributed by atoms with van der Waals surface area (Å²) >= 11 is 0. The molecule has 0 saturated carbocycles. The second-order valence-corrected chi connectivity index (χ2v) is 6.50. The minimum absolute atomic E-state index is 0.109. The van der Waals surface area contributed by atoms with Gasteiger partial charge in [0, 0.05) is 36.8 Å². The summed E-state index contributed by atoms with van der Waals surface area (Å²) < 4.78 is 13.1. The van der Waals surface area contributed by atoms with Crippen LogP contribution in [0.1, 0.15) is 25.8 Å². The van der Waals surface area contributed by atoms with E-state index in [1.807, 2.05) is 20.0 Å². The average Bonchev–Trinajstić information content (AvgIpc) is 2.87. The monoisotopic (exact) mass is 321 g/mol. The van der Waals surface area contributed by atoms with Gasteiger partial charge in [-0.1, -0.05) is 13.8 Å². The van der Waals surface area contributed by atoms with Gasteiger partial charge in [-0.3, -0.25) is 0 Å². The molecule has 0 unspecified atom stereocenters. The highest BCUT2D eigenvalue weighted by molar-refractivity contribution is 5.83. The first-order chi connectivity index (χ1) is 10.9. The number of rotatable bonds is 7. The van der Waals surface area contributed by atoms with Crippen molar-refractivity contribution < 1.29 is 14.3 Å². The highest BCUT2D eigenvalue weighted by Crippen LogP contribution is 2.19. The largest absolute Gasteiger partial charge is 0.396 e. The van der Waals surface area contributed by atoms with E-state index in [2.05, 4.69) is 15.6 Å². The van der Waals surface area contributed by atoms with Gasteiger partial charge in [0.15, 0.2) is 0 Å². The lowest BCUT2D eigenvalue weighted by Crippen LogP contribution is -2.41. The number of hydrogen-bond donors (Lipinski definition) is 4. The van der Waals surface area contributed by atoms with Crippen LogP contribution in [0.5, 0.6) is 0 Å². The Morgan fingerprint density at radius 2 is 2.13 bits per heavy atom. The van der Waals surface area contributed by atoms with Crippen molar-refractivity contribution in [1.82, 2.24) is 15.6 Å². The van der Waals surface area contributed by atoms with E-state index in [0.717, 1.165) is 16.5 Å². The van der Waals surface area contributed by atoms with Gasteiger partial charge in [0.1, 0.15) is 5.82 Å². The van der Waals surface area contributed by atoms with Crippen molar-refractivity contribution in [3.05, 3.63) is 35.8 Å². The Morgan fingerprint density at radius 1 is 1.35 bits per heavy atom. The molecule has 0 spiro atoms. The van der Waals surface area contributed by atoms with E-state index in [1.165, 1.54) is 12.1 Å². The standard InChI is InChI=1S/C17H24FN3O2/c1-17(2,6-8-22)11-21-16(23)19-7-5-12-10-20-15-9-13(18)3-4-14(12)15/h3-4,9-10,20,22H,5-8,11H2,1-2H3,(H2,19,21,23). The molecule has 2 amide bonds. The molecule has 23 heavy (non-hydrogen) atoms. The van der Waals surface area contributed by atoms with Gasteiger partial charge in [0.25, 0.3) is 0 Å². The van der Waals surface area contributed by atoms with E-state index in [-0.39, 0.29) is 23.9 Å². The predicted molar refractivity (Wildman–Crippen MR) is 88.8 cm³/mol. The summed E-state index contributed by atoms with van der Waals surface area (Å²) in [6, 6.07) is 4.42.